The van der Waals surface area contributed by atoms with E-state index in [1.165, 1.54) is 12.1 Å². The summed E-state index contributed by atoms with van der Waals surface area (Å²) in [5, 5.41) is 11.1. The second-order valence-corrected chi connectivity index (χ2v) is 15.8. The highest BCUT2D eigenvalue weighted by atomic mass is 35.5. The van der Waals surface area contributed by atoms with E-state index < -0.39 is 26.6 Å². The maximum Gasteiger partial charge on any atom is 0.262 e. The number of piperazine rings is 1. The van der Waals surface area contributed by atoms with Gasteiger partial charge in [0.2, 0.25) is 5.91 Å². The Hall–Kier alpha value is -2.90. The van der Waals surface area contributed by atoms with Crippen molar-refractivity contribution in [3.05, 3.63) is 92.4 Å². The van der Waals surface area contributed by atoms with Gasteiger partial charge in [-0.15, -0.1) is 0 Å². The fraction of sp³-hybridized carbons (Fsp3) is 0.412. The Morgan fingerprint density at radius 1 is 0.875 bits per heavy atom. The van der Waals surface area contributed by atoms with Gasteiger partial charge < -0.3 is 15.0 Å². The molecule has 1 unspecified atom stereocenters. The Morgan fingerprint density at radius 3 is 1.81 bits per heavy atom. The van der Waals surface area contributed by atoms with Crippen LogP contribution in [0.4, 0.5) is 0 Å². The number of hydrogen-bond donors (Lipinski definition) is 3. The van der Waals surface area contributed by atoms with Crippen molar-refractivity contribution in [2.45, 2.75) is 42.4 Å². The smallest absolute Gasteiger partial charge is 0.262 e. The number of nitrogens with zero attached hydrogens (tertiary/aromatic N) is 2. The first-order chi connectivity index (χ1) is 22.6. The zero-order chi connectivity index (χ0) is 35.1. The van der Waals surface area contributed by atoms with Gasteiger partial charge in [0.1, 0.15) is 5.75 Å². The molecule has 2 fully saturated rings. The third-order valence-electron chi connectivity index (χ3n) is 9.48. The molecular weight excluding hydrogens is 697 g/mol. The van der Waals surface area contributed by atoms with Crippen LogP contribution in [0.2, 0.25) is 15.1 Å². The molecule has 3 aromatic rings. The van der Waals surface area contributed by atoms with Gasteiger partial charge in [0.05, 0.1) is 34.1 Å². The molecule has 0 aliphatic carbocycles. The summed E-state index contributed by atoms with van der Waals surface area (Å²) in [6.07, 6.45) is 1.07. The fourth-order valence-electron chi connectivity index (χ4n) is 6.69. The minimum atomic E-state index is -3.83. The molecule has 2 amide bonds. The summed E-state index contributed by atoms with van der Waals surface area (Å²) >= 11 is 19.2. The molecule has 0 spiro atoms. The molecule has 0 radical (unpaired) electrons. The van der Waals surface area contributed by atoms with Crippen LogP contribution in [0.15, 0.2) is 65.6 Å². The Kier molecular flexibility index (Phi) is 10.4. The molecule has 3 N–H and O–H groups in total. The Labute approximate surface area is 297 Å². The second-order valence-electron chi connectivity index (χ2n) is 12.5. The van der Waals surface area contributed by atoms with Gasteiger partial charge in [-0.05, 0) is 62.2 Å². The molecule has 258 valence electrons. The summed E-state index contributed by atoms with van der Waals surface area (Å²) in [6.45, 7) is 7.80. The van der Waals surface area contributed by atoms with E-state index in [0.29, 0.717) is 36.2 Å². The summed E-state index contributed by atoms with van der Waals surface area (Å²) in [6, 6.07) is 17.6. The third-order valence-corrected chi connectivity index (χ3v) is 11.5. The van der Waals surface area contributed by atoms with Crippen molar-refractivity contribution < 1.29 is 22.7 Å². The van der Waals surface area contributed by atoms with Crippen LogP contribution in [0.3, 0.4) is 0 Å². The van der Waals surface area contributed by atoms with Gasteiger partial charge in [-0.25, -0.2) is 8.42 Å². The standard InChI is InChI=1S/C34H40Cl3N5O5S/c1-6-47-28-20-27(37)29(48(5,45)46)19-26(28)34(31(44)42-17-15-41(16-18-42)21-30(43)38-4)39-32(2,22-7-11-24(35)12-8-22)33(3,40-34)23-9-13-25(36)14-10-23/h7-14,19-20,39-40H,6,15-18,21H2,1-5H3,(H,38,43)/t32-,33+,34?. The number of halogens is 3. The van der Waals surface area contributed by atoms with Crippen molar-refractivity contribution in [1.82, 2.24) is 25.8 Å². The second kappa shape index (κ2) is 13.8. The zero-order valence-electron chi connectivity index (χ0n) is 27.5. The molecule has 3 aromatic carbocycles. The number of carbonyl (C=O) groups is 2. The van der Waals surface area contributed by atoms with E-state index >= 15 is 4.79 Å². The molecule has 0 aromatic heterocycles. The molecule has 10 nitrogen and oxygen atoms in total. The summed E-state index contributed by atoms with van der Waals surface area (Å²) in [5.41, 5.74) is -1.87. The lowest BCUT2D eigenvalue weighted by Crippen LogP contribution is -2.63. The van der Waals surface area contributed by atoms with Gasteiger partial charge in [0.25, 0.3) is 5.91 Å². The highest BCUT2D eigenvalue weighted by molar-refractivity contribution is 7.90. The number of likely N-dealkylation sites (N-methyl/N-ethyl adjacent to an activating group) is 1. The quantitative estimate of drug-likeness (QED) is 0.294. The zero-order valence-corrected chi connectivity index (χ0v) is 30.6. The molecule has 2 heterocycles. The van der Waals surface area contributed by atoms with E-state index in [1.807, 2.05) is 43.0 Å². The average molecular weight is 737 g/mol. The van der Waals surface area contributed by atoms with Gasteiger partial charge in [-0.1, -0.05) is 59.1 Å². The van der Waals surface area contributed by atoms with Crippen LogP contribution >= 0.6 is 34.8 Å². The normalized spacial score (nSPS) is 24.8. The molecule has 2 aliphatic rings. The third kappa shape index (κ3) is 6.66. The van der Waals surface area contributed by atoms with Gasteiger partial charge in [0.15, 0.2) is 15.5 Å². The predicted octanol–water partition coefficient (Wildman–Crippen LogP) is 4.52. The highest BCUT2D eigenvalue weighted by Crippen LogP contribution is 2.52. The lowest BCUT2D eigenvalue weighted by molar-refractivity contribution is -0.142. The largest absolute Gasteiger partial charge is 0.493 e. The van der Waals surface area contributed by atoms with Gasteiger partial charge in [-0.3, -0.25) is 25.1 Å². The van der Waals surface area contributed by atoms with Crippen molar-refractivity contribution in [2.24, 2.45) is 0 Å². The molecule has 48 heavy (non-hydrogen) atoms. The number of benzene rings is 3. The van der Waals surface area contributed by atoms with Crippen LogP contribution in [0.1, 0.15) is 37.5 Å². The maximum absolute atomic E-state index is 15.3. The van der Waals surface area contributed by atoms with Crippen molar-refractivity contribution in [2.75, 3.05) is 52.6 Å². The average Bonchev–Trinajstić information content (AvgIpc) is 3.30. The van der Waals surface area contributed by atoms with Crippen molar-refractivity contribution in [1.29, 1.82) is 0 Å². The molecule has 14 heteroatoms. The first kappa shape index (κ1) is 36.4. The Morgan fingerprint density at radius 2 is 1.38 bits per heavy atom. The number of hydrogen-bond acceptors (Lipinski definition) is 8. The molecule has 2 saturated heterocycles. The number of rotatable bonds is 9. The predicted molar refractivity (Wildman–Crippen MR) is 188 cm³/mol. The van der Waals surface area contributed by atoms with E-state index in [9.17, 15) is 13.2 Å². The number of nitrogens with one attached hydrogen (secondary N) is 3. The Bertz CT molecular complexity index is 1740. The van der Waals surface area contributed by atoms with Gasteiger partial charge in [0, 0.05) is 61.2 Å². The summed E-state index contributed by atoms with van der Waals surface area (Å²) in [7, 11) is -2.24. The van der Waals surface area contributed by atoms with Crippen LogP contribution in [-0.2, 0) is 36.2 Å². The lowest BCUT2D eigenvalue weighted by Gasteiger charge is -2.41. The van der Waals surface area contributed by atoms with Gasteiger partial charge >= 0.3 is 0 Å². The van der Waals surface area contributed by atoms with Crippen LogP contribution in [-0.4, -0.2) is 82.7 Å². The minimum Gasteiger partial charge on any atom is -0.493 e. The van der Waals surface area contributed by atoms with E-state index in [-0.39, 0.29) is 46.2 Å². The maximum atomic E-state index is 15.3. The lowest BCUT2D eigenvalue weighted by atomic mass is 9.72. The highest BCUT2D eigenvalue weighted by Gasteiger charge is 2.65. The monoisotopic (exact) mass is 735 g/mol. The fourth-order valence-corrected chi connectivity index (χ4v) is 8.26. The molecule has 0 bridgehead atoms. The summed E-state index contributed by atoms with van der Waals surface area (Å²) < 4.78 is 32.2. The molecular formula is C34H40Cl3N5O5S. The van der Waals surface area contributed by atoms with E-state index in [0.717, 1.165) is 17.4 Å². The van der Waals surface area contributed by atoms with Crippen LogP contribution in [0.5, 0.6) is 5.75 Å². The Balaban J connectivity index is 1.76. The van der Waals surface area contributed by atoms with Crippen molar-refractivity contribution in [3.8, 4) is 5.75 Å². The van der Waals surface area contributed by atoms with E-state index in [4.69, 9.17) is 39.5 Å². The van der Waals surface area contributed by atoms with Crippen molar-refractivity contribution >= 4 is 56.5 Å². The molecule has 5 rings (SSSR count). The summed E-state index contributed by atoms with van der Waals surface area (Å²) in [5.74, 6) is -0.207. The summed E-state index contributed by atoms with van der Waals surface area (Å²) in [4.78, 5) is 30.9. The van der Waals surface area contributed by atoms with Crippen molar-refractivity contribution in [3.63, 3.8) is 0 Å². The number of amides is 2. The number of carbonyl (C=O) groups excluding carboxylic acids is 2. The van der Waals surface area contributed by atoms with Gasteiger partial charge in [-0.2, -0.15) is 0 Å². The first-order valence-electron chi connectivity index (χ1n) is 15.6. The molecule has 2 aliphatic heterocycles. The number of ether oxygens (including phenoxy) is 1. The van der Waals surface area contributed by atoms with Crippen LogP contribution in [0, 0.1) is 0 Å². The topological polar surface area (TPSA) is 120 Å². The SMILES string of the molecule is CCOc1cc(Cl)c(S(C)(=O)=O)cc1C1(C(=O)N2CCN(CC(=O)NC)CC2)N[C@@](C)(c2ccc(Cl)cc2)[C@@](C)(c2ccc(Cl)cc2)N1. The number of sulfone groups is 1. The van der Waals surface area contributed by atoms with Crippen LogP contribution < -0.4 is 20.7 Å². The minimum absolute atomic E-state index is 0.0194. The van der Waals surface area contributed by atoms with Crippen LogP contribution in [0.25, 0.3) is 0 Å². The van der Waals surface area contributed by atoms with E-state index in [1.54, 1.807) is 43.1 Å². The van der Waals surface area contributed by atoms with E-state index in [2.05, 4.69) is 16.0 Å². The molecule has 0 saturated carbocycles. The first-order valence-corrected chi connectivity index (χ1v) is 18.6. The molecule has 3 atom stereocenters.